The molecule has 1 N–H and O–H groups in total. The van der Waals surface area contributed by atoms with Crippen molar-refractivity contribution in [1.29, 1.82) is 0 Å². The fourth-order valence-electron chi connectivity index (χ4n) is 1.91. The Morgan fingerprint density at radius 2 is 2.10 bits per heavy atom. The molecule has 0 fully saturated rings. The summed E-state index contributed by atoms with van der Waals surface area (Å²) in [5, 5.41) is 2.56. The SMILES string of the molecule is O=C(Nc1cc(Cl)cc(Cl)c1F)c1cccc2scnc12. The van der Waals surface area contributed by atoms with Gasteiger partial charge in [0.2, 0.25) is 0 Å². The van der Waals surface area contributed by atoms with Gasteiger partial charge in [-0.1, -0.05) is 29.3 Å². The highest BCUT2D eigenvalue weighted by Gasteiger charge is 2.16. The number of nitrogens with one attached hydrogen (secondary N) is 1. The molecule has 1 heterocycles. The van der Waals surface area contributed by atoms with E-state index in [9.17, 15) is 9.18 Å². The molecule has 0 unspecified atom stereocenters. The molecule has 0 radical (unpaired) electrons. The Hall–Kier alpha value is -1.69. The van der Waals surface area contributed by atoms with Crippen LogP contribution < -0.4 is 5.32 Å². The molecule has 0 aliphatic carbocycles. The summed E-state index contributed by atoms with van der Waals surface area (Å²) in [5.74, 6) is -1.19. The Morgan fingerprint density at radius 1 is 1.29 bits per heavy atom. The van der Waals surface area contributed by atoms with Crippen molar-refractivity contribution < 1.29 is 9.18 Å². The summed E-state index contributed by atoms with van der Waals surface area (Å²) >= 11 is 12.9. The average Bonchev–Trinajstić information content (AvgIpc) is 2.92. The maximum Gasteiger partial charge on any atom is 0.257 e. The number of hydrogen-bond donors (Lipinski definition) is 1. The smallest absolute Gasteiger partial charge is 0.257 e. The standard InChI is InChI=1S/C14H7Cl2FN2OS/c15-7-4-9(16)12(17)10(5-7)19-14(20)8-2-1-3-11-13(8)18-6-21-11/h1-6H,(H,19,20). The lowest BCUT2D eigenvalue weighted by Gasteiger charge is -2.08. The summed E-state index contributed by atoms with van der Waals surface area (Å²) in [4.78, 5) is 16.5. The first-order valence-electron chi connectivity index (χ1n) is 5.84. The average molecular weight is 341 g/mol. The number of carbonyl (C=O) groups excluding carboxylic acids is 1. The molecule has 1 aromatic heterocycles. The fourth-order valence-corrected chi connectivity index (χ4v) is 3.10. The van der Waals surface area contributed by atoms with E-state index in [0.29, 0.717) is 11.1 Å². The van der Waals surface area contributed by atoms with E-state index in [1.54, 1.807) is 17.6 Å². The molecule has 3 nitrogen and oxygen atoms in total. The van der Waals surface area contributed by atoms with Gasteiger partial charge in [0.05, 0.1) is 32.0 Å². The van der Waals surface area contributed by atoms with E-state index in [4.69, 9.17) is 23.2 Å². The van der Waals surface area contributed by atoms with Gasteiger partial charge >= 0.3 is 0 Å². The van der Waals surface area contributed by atoms with Gasteiger partial charge in [0.25, 0.3) is 5.91 Å². The number of carbonyl (C=O) groups is 1. The highest BCUT2D eigenvalue weighted by Crippen LogP contribution is 2.28. The first kappa shape index (κ1) is 14.3. The number of hydrogen-bond acceptors (Lipinski definition) is 3. The Labute approximate surface area is 133 Å². The summed E-state index contributed by atoms with van der Waals surface area (Å²) in [6.45, 7) is 0. The van der Waals surface area contributed by atoms with Crippen molar-refractivity contribution in [1.82, 2.24) is 4.98 Å². The zero-order valence-corrected chi connectivity index (χ0v) is 12.7. The number of para-hydroxylation sites is 1. The van der Waals surface area contributed by atoms with Gasteiger partial charge < -0.3 is 5.32 Å². The van der Waals surface area contributed by atoms with Crippen molar-refractivity contribution in [3.63, 3.8) is 0 Å². The number of fused-ring (bicyclic) bond motifs is 1. The Balaban J connectivity index is 1.99. The third-order valence-electron chi connectivity index (χ3n) is 2.85. The van der Waals surface area contributed by atoms with E-state index in [1.165, 1.54) is 23.5 Å². The van der Waals surface area contributed by atoms with Crippen LogP contribution in [0.15, 0.2) is 35.8 Å². The predicted molar refractivity (Wildman–Crippen MR) is 84.0 cm³/mol. The number of anilines is 1. The summed E-state index contributed by atoms with van der Waals surface area (Å²) in [5.41, 5.74) is 2.53. The molecule has 0 bridgehead atoms. The van der Waals surface area contributed by atoms with E-state index in [2.05, 4.69) is 10.3 Å². The van der Waals surface area contributed by atoms with Crippen LogP contribution in [0.25, 0.3) is 10.2 Å². The molecule has 3 aromatic rings. The molecular weight excluding hydrogens is 334 g/mol. The molecule has 0 saturated heterocycles. The van der Waals surface area contributed by atoms with Gasteiger partial charge in [0.1, 0.15) is 0 Å². The maximum atomic E-state index is 13.9. The van der Waals surface area contributed by atoms with Crippen LogP contribution in [0, 0.1) is 5.82 Å². The van der Waals surface area contributed by atoms with Crippen LogP contribution in [-0.4, -0.2) is 10.9 Å². The first-order chi connectivity index (χ1) is 10.1. The molecule has 7 heteroatoms. The van der Waals surface area contributed by atoms with E-state index in [0.717, 1.165) is 4.70 Å². The predicted octanol–water partition coefficient (Wildman–Crippen LogP) is 4.99. The molecule has 0 aliphatic rings. The zero-order valence-electron chi connectivity index (χ0n) is 10.4. The minimum atomic E-state index is -0.722. The largest absolute Gasteiger partial charge is 0.319 e. The quantitative estimate of drug-likeness (QED) is 0.667. The third kappa shape index (κ3) is 2.72. The molecule has 1 amide bonds. The number of rotatable bonds is 2. The van der Waals surface area contributed by atoms with Gasteiger partial charge in [-0.25, -0.2) is 9.37 Å². The highest BCUT2D eigenvalue weighted by molar-refractivity contribution is 7.16. The van der Waals surface area contributed by atoms with Crippen molar-refractivity contribution in [2.75, 3.05) is 5.32 Å². The van der Waals surface area contributed by atoms with Crippen molar-refractivity contribution >= 4 is 56.3 Å². The molecular formula is C14H7Cl2FN2OS. The Morgan fingerprint density at radius 3 is 2.90 bits per heavy atom. The van der Waals surface area contributed by atoms with Crippen molar-refractivity contribution in [2.45, 2.75) is 0 Å². The second kappa shape index (κ2) is 5.60. The van der Waals surface area contributed by atoms with Crippen LogP contribution in [0.1, 0.15) is 10.4 Å². The topological polar surface area (TPSA) is 42.0 Å². The van der Waals surface area contributed by atoms with E-state index >= 15 is 0 Å². The second-order valence-corrected chi connectivity index (χ2v) is 5.94. The van der Waals surface area contributed by atoms with Crippen LogP contribution in [0.4, 0.5) is 10.1 Å². The molecule has 3 rings (SSSR count). The zero-order chi connectivity index (χ0) is 15.0. The normalized spacial score (nSPS) is 10.8. The summed E-state index contributed by atoms with van der Waals surface area (Å²) < 4.78 is 14.8. The molecule has 0 saturated carbocycles. The van der Waals surface area contributed by atoms with Crippen LogP contribution in [0.5, 0.6) is 0 Å². The number of halogens is 3. The second-order valence-electron chi connectivity index (χ2n) is 4.21. The summed E-state index contributed by atoms with van der Waals surface area (Å²) in [6.07, 6.45) is 0. The van der Waals surface area contributed by atoms with Gasteiger partial charge in [-0.3, -0.25) is 4.79 Å². The van der Waals surface area contributed by atoms with Gasteiger partial charge in [0, 0.05) is 5.02 Å². The number of benzene rings is 2. The lowest BCUT2D eigenvalue weighted by atomic mass is 10.2. The summed E-state index contributed by atoms with van der Waals surface area (Å²) in [7, 11) is 0. The number of thiazole rings is 1. The van der Waals surface area contributed by atoms with E-state index in [-0.39, 0.29) is 15.7 Å². The van der Waals surface area contributed by atoms with Crippen molar-refractivity contribution in [2.24, 2.45) is 0 Å². The van der Waals surface area contributed by atoms with Crippen LogP contribution in [0.3, 0.4) is 0 Å². The first-order valence-corrected chi connectivity index (χ1v) is 7.48. The number of amides is 1. The highest BCUT2D eigenvalue weighted by atomic mass is 35.5. The van der Waals surface area contributed by atoms with Crippen molar-refractivity contribution in [3.8, 4) is 0 Å². The third-order valence-corrected chi connectivity index (χ3v) is 4.13. The van der Waals surface area contributed by atoms with Crippen LogP contribution in [-0.2, 0) is 0 Å². The fraction of sp³-hybridized carbons (Fsp3) is 0. The number of aromatic nitrogens is 1. The van der Waals surface area contributed by atoms with Crippen LogP contribution in [0.2, 0.25) is 10.0 Å². The molecule has 0 spiro atoms. The molecule has 21 heavy (non-hydrogen) atoms. The van der Waals surface area contributed by atoms with Gasteiger partial charge in [-0.05, 0) is 24.3 Å². The Kier molecular flexibility index (Phi) is 3.80. The van der Waals surface area contributed by atoms with E-state index < -0.39 is 11.7 Å². The maximum absolute atomic E-state index is 13.9. The van der Waals surface area contributed by atoms with Gasteiger partial charge in [0.15, 0.2) is 5.82 Å². The number of nitrogens with zero attached hydrogens (tertiary/aromatic N) is 1. The minimum absolute atomic E-state index is 0.0651. The lowest BCUT2D eigenvalue weighted by molar-refractivity contribution is 0.102. The van der Waals surface area contributed by atoms with Gasteiger partial charge in [-0.15, -0.1) is 11.3 Å². The monoisotopic (exact) mass is 340 g/mol. The van der Waals surface area contributed by atoms with Gasteiger partial charge in [-0.2, -0.15) is 0 Å². The molecule has 106 valence electrons. The molecule has 0 atom stereocenters. The lowest BCUT2D eigenvalue weighted by Crippen LogP contribution is -2.13. The molecule has 0 aliphatic heterocycles. The Bertz CT molecular complexity index is 850. The molecule has 2 aromatic carbocycles. The van der Waals surface area contributed by atoms with E-state index in [1.807, 2.05) is 6.07 Å². The van der Waals surface area contributed by atoms with Crippen LogP contribution >= 0.6 is 34.5 Å². The minimum Gasteiger partial charge on any atom is -0.319 e. The van der Waals surface area contributed by atoms with Crippen molar-refractivity contribution in [3.05, 3.63) is 57.3 Å². The summed E-state index contributed by atoms with van der Waals surface area (Å²) in [6, 6.07) is 7.82.